The molecule has 26 heavy (non-hydrogen) atoms. The average molecular weight is 427 g/mol. The molecule has 0 atom stereocenters. The van der Waals surface area contributed by atoms with E-state index in [0.717, 1.165) is 12.0 Å². The van der Waals surface area contributed by atoms with Crippen LogP contribution >= 0.6 is 15.9 Å². The van der Waals surface area contributed by atoms with Gasteiger partial charge in [0.05, 0.1) is 14.2 Å². The van der Waals surface area contributed by atoms with Gasteiger partial charge in [0.15, 0.2) is 6.61 Å². The van der Waals surface area contributed by atoms with E-state index in [1.54, 1.807) is 18.2 Å². The fourth-order valence-electron chi connectivity index (χ4n) is 2.02. The fraction of sp³-hybridized carbons (Fsp3) is 0.250. The number of nitrogens with one attached hydrogen (secondary N) is 1. The first kappa shape index (κ1) is 19.4. The van der Waals surface area contributed by atoms with Crippen LogP contribution in [0.3, 0.4) is 0 Å². The zero-order chi connectivity index (χ0) is 19.3. The topological polar surface area (TPSA) is 111 Å². The maximum absolute atomic E-state index is 12.3. The number of ether oxygens (including phenoxy) is 3. The molecule has 1 N–H and O–H groups in total. The molecular formula is C16H15BrN2O7. The molecule has 1 aromatic rings. The molecule has 1 aliphatic heterocycles. The van der Waals surface area contributed by atoms with Gasteiger partial charge in [0.25, 0.3) is 5.91 Å². The normalized spacial score (nSPS) is 15.0. The number of amides is 3. The summed E-state index contributed by atoms with van der Waals surface area (Å²) in [5.41, 5.74) is 0.395. The molecule has 0 aliphatic carbocycles. The van der Waals surface area contributed by atoms with Crippen LogP contribution in [0.15, 0.2) is 28.4 Å². The van der Waals surface area contributed by atoms with Crippen LogP contribution in [-0.2, 0) is 23.9 Å². The summed E-state index contributed by atoms with van der Waals surface area (Å²) in [5.74, 6) is -1.67. The zero-order valence-electron chi connectivity index (χ0n) is 13.9. The van der Waals surface area contributed by atoms with Crippen molar-refractivity contribution in [3.05, 3.63) is 33.9 Å². The molecule has 9 nitrogen and oxygen atoms in total. The Kier molecular flexibility index (Phi) is 6.34. The number of carbonyl (C=O) groups is 4. The molecule has 138 valence electrons. The lowest BCUT2D eigenvalue weighted by molar-refractivity contribution is -0.143. The second-order valence-corrected chi connectivity index (χ2v) is 5.92. The lowest BCUT2D eigenvalue weighted by Gasteiger charge is -2.10. The summed E-state index contributed by atoms with van der Waals surface area (Å²) in [6.45, 7) is -0.814. The monoisotopic (exact) mass is 426 g/mol. The Morgan fingerprint density at radius 2 is 1.88 bits per heavy atom. The maximum atomic E-state index is 12.3. The predicted octanol–water partition coefficient (Wildman–Crippen LogP) is 1.07. The van der Waals surface area contributed by atoms with Crippen LogP contribution in [0.2, 0.25) is 0 Å². The van der Waals surface area contributed by atoms with Gasteiger partial charge in [0.2, 0.25) is 0 Å². The number of imide groups is 1. The molecule has 2 rings (SSSR count). The molecule has 0 aromatic heterocycles. The molecule has 1 aromatic carbocycles. The smallest absolute Gasteiger partial charge is 0.343 e. The Morgan fingerprint density at radius 1 is 1.19 bits per heavy atom. The molecular weight excluding hydrogens is 412 g/mol. The van der Waals surface area contributed by atoms with E-state index in [2.05, 4.69) is 30.7 Å². The zero-order valence-corrected chi connectivity index (χ0v) is 15.5. The van der Waals surface area contributed by atoms with E-state index in [1.807, 2.05) is 0 Å². The first-order chi connectivity index (χ1) is 12.3. The molecule has 1 heterocycles. The van der Waals surface area contributed by atoms with Gasteiger partial charge in [-0.3, -0.25) is 9.59 Å². The van der Waals surface area contributed by atoms with E-state index in [-0.39, 0.29) is 12.3 Å². The van der Waals surface area contributed by atoms with Gasteiger partial charge in [-0.05, 0) is 24.3 Å². The number of methoxy groups -OCH3 is 2. The van der Waals surface area contributed by atoms with Crippen LogP contribution in [0.1, 0.15) is 5.56 Å². The van der Waals surface area contributed by atoms with Crippen molar-refractivity contribution in [1.82, 2.24) is 10.2 Å². The number of rotatable bonds is 6. The molecule has 0 unspecified atom stereocenters. The Bertz CT molecular complexity index is 791. The van der Waals surface area contributed by atoms with E-state index < -0.39 is 30.4 Å². The highest BCUT2D eigenvalue weighted by Crippen LogP contribution is 2.26. The lowest BCUT2D eigenvalue weighted by Crippen LogP contribution is -2.36. The SMILES string of the molecule is COC(=O)COc1ccc(Br)cc1/C=C1/NC(=O)N(CC(=O)OC)C1=O. The number of urea groups is 1. The summed E-state index contributed by atoms with van der Waals surface area (Å²) in [6, 6.07) is 4.18. The van der Waals surface area contributed by atoms with Gasteiger partial charge in [-0.25, -0.2) is 14.5 Å². The number of esters is 2. The minimum Gasteiger partial charge on any atom is -0.481 e. The third kappa shape index (κ3) is 4.60. The maximum Gasteiger partial charge on any atom is 0.343 e. The minimum absolute atomic E-state index is 0.0417. The summed E-state index contributed by atoms with van der Waals surface area (Å²) in [7, 11) is 2.39. The van der Waals surface area contributed by atoms with Gasteiger partial charge < -0.3 is 19.5 Å². The van der Waals surface area contributed by atoms with Crippen molar-refractivity contribution in [3.8, 4) is 5.75 Å². The Morgan fingerprint density at radius 3 is 2.54 bits per heavy atom. The lowest BCUT2D eigenvalue weighted by atomic mass is 10.1. The fourth-order valence-corrected chi connectivity index (χ4v) is 2.40. The van der Waals surface area contributed by atoms with Crippen LogP contribution in [0.25, 0.3) is 6.08 Å². The van der Waals surface area contributed by atoms with E-state index in [0.29, 0.717) is 15.8 Å². The summed E-state index contributed by atoms with van der Waals surface area (Å²) < 4.78 is 15.0. The van der Waals surface area contributed by atoms with Gasteiger partial charge in [-0.2, -0.15) is 0 Å². The third-order valence-corrected chi connectivity index (χ3v) is 3.82. The van der Waals surface area contributed by atoms with Gasteiger partial charge in [0, 0.05) is 10.0 Å². The van der Waals surface area contributed by atoms with Crippen LogP contribution in [0.4, 0.5) is 4.79 Å². The summed E-state index contributed by atoms with van der Waals surface area (Å²) in [4.78, 5) is 47.5. The standard InChI is InChI=1S/C16H15BrN2O7/c1-24-13(20)7-19-15(22)11(18-16(19)23)6-9-5-10(17)3-4-12(9)26-8-14(21)25-2/h3-6H,7-8H2,1-2H3,(H,18,23)/b11-6+. The van der Waals surface area contributed by atoms with E-state index >= 15 is 0 Å². The third-order valence-electron chi connectivity index (χ3n) is 3.32. The van der Waals surface area contributed by atoms with Crippen molar-refractivity contribution >= 4 is 45.9 Å². The largest absolute Gasteiger partial charge is 0.481 e. The highest BCUT2D eigenvalue weighted by Gasteiger charge is 2.35. The second kappa shape index (κ2) is 8.48. The Hall–Kier alpha value is -2.88. The molecule has 0 spiro atoms. The van der Waals surface area contributed by atoms with Crippen molar-refractivity contribution in [2.45, 2.75) is 0 Å². The van der Waals surface area contributed by atoms with Crippen molar-refractivity contribution in [2.24, 2.45) is 0 Å². The van der Waals surface area contributed by atoms with E-state index in [1.165, 1.54) is 13.2 Å². The van der Waals surface area contributed by atoms with Crippen molar-refractivity contribution in [1.29, 1.82) is 0 Å². The summed E-state index contributed by atoms with van der Waals surface area (Å²) in [6.07, 6.45) is 1.38. The highest BCUT2D eigenvalue weighted by atomic mass is 79.9. The van der Waals surface area contributed by atoms with Crippen molar-refractivity contribution in [3.63, 3.8) is 0 Å². The molecule has 3 amide bonds. The van der Waals surface area contributed by atoms with Crippen molar-refractivity contribution in [2.75, 3.05) is 27.4 Å². The molecule has 0 radical (unpaired) electrons. The molecule has 0 saturated carbocycles. The van der Waals surface area contributed by atoms with Gasteiger partial charge in [0.1, 0.15) is 18.0 Å². The van der Waals surface area contributed by atoms with E-state index in [4.69, 9.17) is 4.74 Å². The number of carbonyl (C=O) groups excluding carboxylic acids is 4. The van der Waals surface area contributed by atoms with E-state index in [9.17, 15) is 19.2 Å². The number of nitrogens with zero attached hydrogens (tertiary/aromatic N) is 1. The second-order valence-electron chi connectivity index (χ2n) is 5.00. The Labute approximate surface area is 157 Å². The van der Waals surface area contributed by atoms with Crippen LogP contribution < -0.4 is 10.1 Å². The highest BCUT2D eigenvalue weighted by molar-refractivity contribution is 9.10. The number of halogens is 1. The summed E-state index contributed by atoms with van der Waals surface area (Å²) >= 11 is 3.30. The first-order valence-electron chi connectivity index (χ1n) is 7.26. The minimum atomic E-state index is -0.737. The van der Waals surface area contributed by atoms with Crippen LogP contribution in [0.5, 0.6) is 5.75 Å². The number of hydrogen-bond donors (Lipinski definition) is 1. The molecule has 1 fully saturated rings. The molecule has 10 heteroatoms. The van der Waals surface area contributed by atoms with Gasteiger partial charge in [-0.1, -0.05) is 15.9 Å². The quantitative estimate of drug-likeness (QED) is 0.411. The predicted molar refractivity (Wildman–Crippen MR) is 91.9 cm³/mol. The molecule has 1 aliphatic rings. The van der Waals surface area contributed by atoms with Gasteiger partial charge in [-0.15, -0.1) is 0 Å². The van der Waals surface area contributed by atoms with Gasteiger partial charge >= 0.3 is 18.0 Å². The number of hydrogen-bond acceptors (Lipinski definition) is 7. The molecule has 1 saturated heterocycles. The first-order valence-corrected chi connectivity index (χ1v) is 8.05. The van der Waals surface area contributed by atoms with Crippen molar-refractivity contribution < 1.29 is 33.4 Å². The molecule has 0 bridgehead atoms. The summed E-state index contributed by atoms with van der Waals surface area (Å²) in [5, 5.41) is 2.38. The van der Waals surface area contributed by atoms with Crippen LogP contribution in [-0.4, -0.2) is 56.1 Å². The van der Waals surface area contributed by atoms with Crippen LogP contribution in [0, 0.1) is 0 Å². The Balaban J connectivity index is 2.27. The number of benzene rings is 1. The average Bonchev–Trinajstić information content (AvgIpc) is 2.88.